The van der Waals surface area contributed by atoms with Gasteiger partial charge in [0.15, 0.2) is 0 Å². The molecule has 0 amide bonds. The second kappa shape index (κ2) is 9.99. The Bertz CT molecular complexity index is 890. The van der Waals surface area contributed by atoms with E-state index < -0.39 is 19.8 Å². The average molecular weight is 424 g/mol. The van der Waals surface area contributed by atoms with Gasteiger partial charge in [-0.3, -0.25) is 0 Å². The van der Waals surface area contributed by atoms with Crippen molar-refractivity contribution in [1.82, 2.24) is 0 Å². The number of hydrogen-bond acceptors (Lipinski definition) is 4. The van der Waals surface area contributed by atoms with Crippen LogP contribution >= 0.6 is 7.72 Å². The molecule has 0 aromatic heterocycles. The average Bonchev–Trinajstić information content (AvgIpc) is 2.79. The number of aliphatic hydroxyl groups is 1. The van der Waals surface area contributed by atoms with Gasteiger partial charge in [0.1, 0.15) is 0 Å². The van der Waals surface area contributed by atoms with Crippen molar-refractivity contribution < 1.29 is 18.9 Å². The van der Waals surface area contributed by atoms with Crippen LogP contribution < -0.4 is 10.6 Å². The van der Waals surface area contributed by atoms with Crippen LogP contribution in [0.5, 0.6) is 0 Å². The number of benzene rings is 3. The molecule has 5 heteroatoms. The van der Waals surface area contributed by atoms with E-state index in [0.29, 0.717) is 5.56 Å². The molecule has 0 spiro atoms. The van der Waals surface area contributed by atoms with Crippen molar-refractivity contribution >= 4 is 24.3 Å². The Balaban J connectivity index is 2.12. The summed E-state index contributed by atoms with van der Waals surface area (Å²) in [7, 11) is -3.43. The van der Waals surface area contributed by atoms with E-state index in [1.54, 1.807) is 19.1 Å². The van der Waals surface area contributed by atoms with Gasteiger partial charge >= 0.3 is 179 Å². The van der Waals surface area contributed by atoms with Gasteiger partial charge in [-0.2, -0.15) is 0 Å². The first kappa shape index (κ1) is 22.2. The molecule has 0 fully saturated rings. The Morgan fingerprint density at radius 2 is 1.20 bits per heavy atom. The molecule has 3 unspecified atom stereocenters. The zero-order valence-corrected chi connectivity index (χ0v) is 18.6. The summed E-state index contributed by atoms with van der Waals surface area (Å²) in [5, 5.41) is 11.8. The van der Waals surface area contributed by atoms with Crippen LogP contribution in [0.15, 0.2) is 91.0 Å². The van der Waals surface area contributed by atoms with Crippen molar-refractivity contribution in [3.05, 3.63) is 96.6 Å². The van der Waals surface area contributed by atoms with E-state index in [1.807, 2.05) is 92.7 Å². The first-order valence-electron chi connectivity index (χ1n) is 10.2. The molecule has 3 atom stereocenters. The van der Waals surface area contributed by atoms with Crippen molar-refractivity contribution in [2.75, 3.05) is 0 Å². The first-order chi connectivity index (χ1) is 14.4. The van der Waals surface area contributed by atoms with E-state index >= 15 is 0 Å². The zero-order chi connectivity index (χ0) is 21.6. The van der Waals surface area contributed by atoms with Crippen LogP contribution in [0.4, 0.5) is 0 Å². The summed E-state index contributed by atoms with van der Waals surface area (Å²) in [6, 6.07) is 28.2. The van der Waals surface area contributed by atoms with E-state index in [2.05, 4.69) is 0 Å². The third-order valence-corrected chi connectivity index (χ3v) is 8.77. The minimum atomic E-state index is -3.43. The Labute approximate surface area is 179 Å². The van der Waals surface area contributed by atoms with Gasteiger partial charge < -0.3 is 0 Å². The van der Waals surface area contributed by atoms with Gasteiger partial charge in [0.2, 0.25) is 0 Å². The number of carbonyl (C=O) groups excluding carboxylic acids is 1. The molecule has 30 heavy (non-hydrogen) atoms. The van der Waals surface area contributed by atoms with Gasteiger partial charge in [-0.05, 0) is 0 Å². The molecule has 4 nitrogen and oxygen atoms in total. The van der Waals surface area contributed by atoms with Gasteiger partial charge in [0, 0.05) is 0 Å². The molecule has 3 rings (SSSR count). The minimum absolute atomic E-state index is 0.139. The van der Waals surface area contributed by atoms with Gasteiger partial charge in [-0.1, -0.05) is 0 Å². The molecule has 0 heterocycles. The van der Waals surface area contributed by atoms with Crippen molar-refractivity contribution in [2.45, 2.75) is 33.0 Å². The van der Waals surface area contributed by atoms with Crippen molar-refractivity contribution in [3.63, 3.8) is 0 Å². The van der Waals surface area contributed by atoms with Gasteiger partial charge in [-0.25, -0.2) is 0 Å². The van der Waals surface area contributed by atoms with Gasteiger partial charge in [-0.15, -0.1) is 0 Å². The summed E-state index contributed by atoms with van der Waals surface area (Å²) >= 11 is 0. The van der Waals surface area contributed by atoms with E-state index in [1.165, 1.54) is 0 Å². The monoisotopic (exact) mass is 424 g/mol. The van der Waals surface area contributed by atoms with E-state index in [0.717, 1.165) is 10.6 Å². The molecule has 0 aliphatic carbocycles. The quantitative estimate of drug-likeness (QED) is 0.541. The number of hydrogen-bond donors (Lipinski definition) is 1. The van der Waals surface area contributed by atoms with E-state index in [-0.39, 0.29) is 12.0 Å². The maximum atomic E-state index is 13.2. The van der Waals surface area contributed by atoms with Gasteiger partial charge in [0.05, 0.1) is 0 Å². The fourth-order valence-electron chi connectivity index (χ4n) is 3.28. The van der Waals surface area contributed by atoms with Crippen molar-refractivity contribution in [2.24, 2.45) is 5.92 Å². The Morgan fingerprint density at radius 3 is 1.63 bits per heavy atom. The molecule has 0 saturated carbocycles. The van der Waals surface area contributed by atoms with Crippen LogP contribution in [0, 0.1) is 5.92 Å². The van der Waals surface area contributed by atoms with Crippen LogP contribution in [-0.4, -0.2) is 23.3 Å². The SMILES string of the molecule is CC(O)C(C)C(C)O[PH](OC(=O)c1ccccc1)(c1ccccc1)c1ccccc1. The van der Waals surface area contributed by atoms with Crippen molar-refractivity contribution in [1.29, 1.82) is 0 Å². The Kier molecular flexibility index (Phi) is 7.38. The molecule has 3 aromatic carbocycles. The van der Waals surface area contributed by atoms with E-state index in [9.17, 15) is 9.90 Å². The summed E-state index contributed by atoms with van der Waals surface area (Å²) in [6.07, 6.45) is -0.885. The maximum absolute atomic E-state index is 13.2. The molecule has 0 aliphatic rings. The Morgan fingerprint density at radius 1 is 0.767 bits per heavy atom. The van der Waals surface area contributed by atoms with Crippen LogP contribution in [0.25, 0.3) is 0 Å². The van der Waals surface area contributed by atoms with E-state index in [4.69, 9.17) is 9.05 Å². The summed E-state index contributed by atoms with van der Waals surface area (Å²) in [4.78, 5) is 13.2. The first-order valence-corrected chi connectivity index (χ1v) is 12.0. The van der Waals surface area contributed by atoms with Crippen molar-refractivity contribution in [3.8, 4) is 0 Å². The molecule has 1 N–H and O–H groups in total. The fraction of sp³-hybridized carbons (Fsp3) is 0.240. The van der Waals surface area contributed by atoms with Gasteiger partial charge in [0.25, 0.3) is 0 Å². The van der Waals surface area contributed by atoms with Crippen LogP contribution in [0.3, 0.4) is 0 Å². The number of aliphatic hydroxyl groups excluding tert-OH is 1. The summed E-state index contributed by atoms with van der Waals surface area (Å²) in [5.74, 6) is -0.563. The molecule has 0 bridgehead atoms. The molecule has 0 saturated heterocycles. The zero-order valence-electron chi connectivity index (χ0n) is 17.6. The topological polar surface area (TPSA) is 55.8 Å². The number of carbonyl (C=O) groups is 1. The molecule has 0 radical (unpaired) electrons. The fourth-order valence-corrected chi connectivity index (χ4v) is 6.55. The molecule has 3 aromatic rings. The standard InChI is InChI=1S/C25H29O4P/c1-19(20(2)26)21(3)28-30(23-15-9-5-10-16-23,24-17-11-6-12-18-24)29-25(27)22-13-7-4-8-14-22/h4-21,26,30H,1-3H3. The number of rotatable bonds is 8. The molecule has 158 valence electrons. The second-order valence-electron chi connectivity index (χ2n) is 7.53. The summed E-state index contributed by atoms with van der Waals surface area (Å²) < 4.78 is 13.0. The summed E-state index contributed by atoms with van der Waals surface area (Å²) in [6.45, 7) is 5.60. The van der Waals surface area contributed by atoms with Crippen LogP contribution in [-0.2, 0) is 9.05 Å². The van der Waals surface area contributed by atoms with Crippen LogP contribution in [0.1, 0.15) is 31.1 Å². The third kappa shape index (κ3) is 4.96. The molecular formula is C25H29O4P. The molecule has 0 aliphatic heterocycles. The predicted molar refractivity (Wildman–Crippen MR) is 124 cm³/mol. The predicted octanol–water partition coefficient (Wildman–Crippen LogP) is 4.50. The normalized spacial score (nSPS) is 15.1. The van der Waals surface area contributed by atoms with Crippen LogP contribution in [0.2, 0.25) is 0 Å². The Hall–Kier alpha value is -2.52. The third-order valence-electron chi connectivity index (χ3n) is 5.41. The molecular weight excluding hydrogens is 395 g/mol. The summed E-state index contributed by atoms with van der Waals surface area (Å²) in [5.41, 5.74) is 0.473. The second-order valence-corrected chi connectivity index (χ2v) is 10.4.